The number of rotatable bonds is 4. The van der Waals surface area contributed by atoms with E-state index in [9.17, 15) is 5.11 Å². The van der Waals surface area contributed by atoms with Crippen LogP contribution in [0.4, 0.5) is 0 Å². The van der Waals surface area contributed by atoms with Crippen molar-refractivity contribution in [3.8, 4) is 0 Å². The lowest BCUT2D eigenvalue weighted by atomic mass is 9.99. The molecule has 2 atom stereocenters. The summed E-state index contributed by atoms with van der Waals surface area (Å²) in [7, 11) is 0. The van der Waals surface area contributed by atoms with Gasteiger partial charge in [0.25, 0.3) is 0 Å². The van der Waals surface area contributed by atoms with E-state index < -0.39 is 12.1 Å². The number of hydrogen-bond donors (Lipinski definition) is 2. The first-order valence-corrected chi connectivity index (χ1v) is 5.71. The summed E-state index contributed by atoms with van der Waals surface area (Å²) in [6.45, 7) is 1.99. The molecular weight excluding hydrogens is 268 g/mol. The third-order valence-electron chi connectivity index (χ3n) is 2.33. The van der Waals surface area contributed by atoms with Crippen LogP contribution < -0.4 is 5.73 Å². The molecule has 0 amide bonds. The largest absolute Gasteiger partial charge is 0.391 e. The van der Waals surface area contributed by atoms with Gasteiger partial charge in [-0.2, -0.15) is 0 Å². The van der Waals surface area contributed by atoms with E-state index in [2.05, 4.69) is 0 Å². The summed E-state index contributed by atoms with van der Waals surface area (Å²) in [6, 6.07) is 4.68. The SMILES string of the molecule is CCC[C@H](O)[C@H](N)c1c(Cl)cccc1Cl.Cl. The Morgan fingerprint density at radius 3 is 2.25 bits per heavy atom. The number of benzene rings is 1. The van der Waals surface area contributed by atoms with Gasteiger partial charge in [0, 0.05) is 15.6 Å². The predicted molar refractivity (Wildman–Crippen MR) is 71.6 cm³/mol. The van der Waals surface area contributed by atoms with Crippen molar-refractivity contribution in [2.45, 2.75) is 31.9 Å². The Balaban J connectivity index is 0.00000225. The van der Waals surface area contributed by atoms with Crippen LogP contribution >= 0.6 is 35.6 Å². The lowest BCUT2D eigenvalue weighted by molar-refractivity contribution is 0.134. The van der Waals surface area contributed by atoms with E-state index >= 15 is 0 Å². The van der Waals surface area contributed by atoms with Crippen molar-refractivity contribution >= 4 is 35.6 Å². The van der Waals surface area contributed by atoms with Crippen LogP contribution in [0.1, 0.15) is 31.4 Å². The maximum atomic E-state index is 9.78. The fourth-order valence-corrected chi connectivity index (χ4v) is 2.15. The molecule has 0 fully saturated rings. The van der Waals surface area contributed by atoms with Crippen LogP contribution in [0.2, 0.25) is 10.0 Å². The highest BCUT2D eigenvalue weighted by Crippen LogP contribution is 2.31. The molecule has 0 aliphatic heterocycles. The van der Waals surface area contributed by atoms with Gasteiger partial charge in [0.15, 0.2) is 0 Å². The fourth-order valence-electron chi connectivity index (χ4n) is 1.50. The van der Waals surface area contributed by atoms with Crippen molar-refractivity contribution in [3.05, 3.63) is 33.8 Å². The Kier molecular flexibility index (Phi) is 7.36. The van der Waals surface area contributed by atoms with Crippen LogP contribution in [-0.2, 0) is 0 Å². The number of aliphatic hydroxyl groups excluding tert-OH is 1. The molecule has 0 aromatic heterocycles. The molecule has 3 N–H and O–H groups in total. The molecular formula is C11H16Cl3NO. The van der Waals surface area contributed by atoms with Gasteiger partial charge in [-0.25, -0.2) is 0 Å². The molecule has 0 unspecified atom stereocenters. The van der Waals surface area contributed by atoms with E-state index in [1.165, 1.54) is 0 Å². The lowest BCUT2D eigenvalue weighted by Gasteiger charge is -2.20. The minimum atomic E-state index is -0.604. The Morgan fingerprint density at radius 2 is 1.81 bits per heavy atom. The maximum Gasteiger partial charge on any atom is 0.0733 e. The highest BCUT2D eigenvalue weighted by Gasteiger charge is 2.20. The van der Waals surface area contributed by atoms with Gasteiger partial charge in [0.2, 0.25) is 0 Å². The minimum absolute atomic E-state index is 0. The fraction of sp³-hybridized carbons (Fsp3) is 0.455. The second kappa shape index (κ2) is 7.36. The third-order valence-corrected chi connectivity index (χ3v) is 2.99. The Hall–Kier alpha value is 0.01000. The van der Waals surface area contributed by atoms with Gasteiger partial charge in [-0.1, -0.05) is 42.6 Å². The number of nitrogens with two attached hydrogens (primary N) is 1. The zero-order chi connectivity index (χ0) is 11.4. The molecule has 0 bridgehead atoms. The van der Waals surface area contributed by atoms with Gasteiger partial charge in [0.1, 0.15) is 0 Å². The molecule has 2 nitrogen and oxygen atoms in total. The van der Waals surface area contributed by atoms with Crippen molar-refractivity contribution in [2.75, 3.05) is 0 Å². The highest BCUT2D eigenvalue weighted by atomic mass is 35.5. The number of aliphatic hydroxyl groups is 1. The molecule has 1 aromatic rings. The van der Waals surface area contributed by atoms with E-state index in [4.69, 9.17) is 28.9 Å². The molecule has 0 aliphatic carbocycles. The molecule has 92 valence electrons. The van der Waals surface area contributed by atoms with E-state index in [-0.39, 0.29) is 12.4 Å². The van der Waals surface area contributed by atoms with E-state index in [0.29, 0.717) is 22.0 Å². The van der Waals surface area contributed by atoms with E-state index in [1.807, 2.05) is 6.92 Å². The second-order valence-electron chi connectivity index (χ2n) is 3.52. The molecule has 1 rings (SSSR count). The van der Waals surface area contributed by atoms with Crippen LogP contribution in [0.25, 0.3) is 0 Å². The highest BCUT2D eigenvalue weighted by molar-refractivity contribution is 6.36. The molecule has 0 saturated carbocycles. The smallest absolute Gasteiger partial charge is 0.0733 e. The van der Waals surface area contributed by atoms with Gasteiger partial charge in [-0.15, -0.1) is 12.4 Å². The summed E-state index contributed by atoms with van der Waals surface area (Å²) in [5, 5.41) is 10.8. The zero-order valence-electron chi connectivity index (χ0n) is 8.99. The van der Waals surface area contributed by atoms with Crippen LogP contribution in [-0.4, -0.2) is 11.2 Å². The summed E-state index contributed by atoms with van der Waals surface area (Å²) in [5.74, 6) is 0. The average Bonchev–Trinajstić information content (AvgIpc) is 2.17. The summed E-state index contributed by atoms with van der Waals surface area (Å²) >= 11 is 12.0. The molecule has 1 aromatic carbocycles. The topological polar surface area (TPSA) is 46.2 Å². The summed E-state index contributed by atoms with van der Waals surface area (Å²) in [4.78, 5) is 0. The Labute approximate surface area is 112 Å². The summed E-state index contributed by atoms with van der Waals surface area (Å²) in [6.07, 6.45) is 0.909. The zero-order valence-corrected chi connectivity index (χ0v) is 11.3. The van der Waals surface area contributed by atoms with Gasteiger partial charge in [0.05, 0.1) is 12.1 Å². The van der Waals surface area contributed by atoms with Gasteiger partial charge >= 0.3 is 0 Å². The minimum Gasteiger partial charge on any atom is -0.391 e. The molecule has 16 heavy (non-hydrogen) atoms. The van der Waals surface area contributed by atoms with Crippen molar-refractivity contribution in [2.24, 2.45) is 5.73 Å². The first-order valence-electron chi connectivity index (χ1n) is 4.95. The predicted octanol–water partition coefficient (Wildman–Crippen LogP) is 3.58. The van der Waals surface area contributed by atoms with Crippen LogP contribution in [0, 0.1) is 0 Å². The number of hydrogen-bond acceptors (Lipinski definition) is 2. The average molecular weight is 285 g/mol. The van der Waals surface area contributed by atoms with Crippen LogP contribution in [0.15, 0.2) is 18.2 Å². The van der Waals surface area contributed by atoms with E-state index in [0.717, 1.165) is 6.42 Å². The summed E-state index contributed by atoms with van der Waals surface area (Å²) < 4.78 is 0. The van der Waals surface area contributed by atoms with Crippen molar-refractivity contribution in [1.29, 1.82) is 0 Å². The number of halogens is 3. The van der Waals surface area contributed by atoms with Gasteiger partial charge in [-0.05, 0) is 18.6 Å². The summed E-state index contributed by atoms with van der Waals surface area (Å²) in [5.41, 5.74) is 6.53. The third kappa shape index (κ3) is 3.79. The molecule has 0 saturated heterocycles. The lowest BCUT2D eigenvalue weighted by Crippen LogP contribution is -2.26. The molecule has 0 heterocycles. The first kappa shape index (κ1) is 16.0. The first-order chi connectivity index (χ1) is 7.07. The molecule has 5 heteroatoms. The molecule has 0 radical (unpaired) electrons. The van der Waals surface area contributed by atoms with Crippen LogP contribution in [0.3, 0.4) is 0 Å². The van der Waals surface area contributed by atoms with Crippen molar-refractivity contribution in [1.82, 2.24) is 0 Å². The normalized spacial score (nSPS) is 14.1. The van der Waals surface area contributed by atoms with Crippen LogP contribution in [0.5, 0.6) is 0 Å². The second-order valence-corrected chi connectivity index (χ2v) is 4.33. The Bertz CT molecular complexity index is 313. The molecule has 0 spiro atoms. The quantitative estimate of drug-likeness (QED) is 0.888. The standard InChI is InChI=1S/C11H15Cl2NO.ClH/c1-2-4-9(15)11(14)10-7(12)5-3-6-8(10)13;/h3,5-6,9,11,15H,2,4,14H2,1H3;1H/t9-,11-;/m0./s1. The van der Waals surface area contributed by atoms with Crippen molar-refractivity contribution in [3.63, 3.8) is 0 Å². The van der Waals surface area contributed by atoms with Gasteiger partial charge < -0.3 is 10.8 Å². The maximum absolute atomic E-state index is 9.78. The van der Waals surface area contributed by atoms with Gasteiger partial charge in [-0.3, -0.25) is 0 Å². The van der Waals surface area contributed by atoms with E-state index in [1.54, 1.807) is 18.2 Å². The molecule has 0 aliphatic rings. The monoisotopic (exact) mass is 283 g/mol. The van der Waals surface area contributed by atoms with Crippen molar-refractivity contribution < 1.29 is 5.11 Å². The Morgan fingerprint density at radius 1 is 1.31 bits per heavy atom.